The van der Waals surface area contributed by atoms with Crippen molar-refractivity contribution in [2.24, 2.45) is 4.99 Å². The molecule has 0 aliphatic carbocycles. The van der Waals surface area contributed by atoms with Crippen molar-refractivity contribution < 1.29 is 4.74 Å². The molecule has 0 spiro atoms. The molecule has 3 rings (SSSR count). The number of hydrogen-bond acceptors (Lipinski definition) is 4. The number of hydrogen-bond donors (Lipinski definition) is 2. The number of ether oxygens (including phenoxy) is 1. The van der Waals surface area contributed by atoms with Crippen LogP contribution < -0.4 is 15.4 Å². The molecular weight excluding hydrogens is 479 g/mol. The first-order chi connectivity index (χ1) is 13.8. The van der Waals surface area contributed by atoms with E-state index in [2.05, 4.69) is 44.9 Å². The summed E-state index contributed by atoms with van der Waals surface area (Å²) in [5.74, 6) is 2.71. The molecule has 156 valence electrons. The van der Waals surface area contributed by atoms with Gasteiger partial charge in [0.15, 0.2) is 11.6 Å². The number of guanidine groups is 1. The third kappa shape index (κ3) is 6.88. The molecule has 2 aromatic heterocycles. The van der Waals surface area contributed by atoms with Crippen LogP contribution in [0.3, 0.4) is 0 Å². The van der Waals surface area contributed by atoms with Crippen LogP contribution >= 0.6 is 24.0 Å². The monoisotopic (exact) mass is 508 g/mol. The maximum Gasteiger partial charge on any atom is 0.191 e. The summed E-state index contributed by atoms with van der Waals surface area (Å²) in [5.41, 5.74) is 2.15. The van der Waals surface area contributed by atoms with E-state index < -0.39 is 0 Å². The zero-order valence-corrected chi connectivity index (χ0v) is 19.3. The molecule has 7 nitrogen and oxygen atoms in total. The zero-order chi connectivity index (χ0) is 19.6. The van der Waals surface area contributed by atoms with E-state index in [9.17, 15) is 0 Å². The zero-order valence-electron chi connectivity index (χ0n) is 17.0. The van der Waals surface area contributed by atoms with Crippen LogP contribution in [0.5, 0.6) is 5.75 Å². The van der Waals surface area contributed by atoms with Gasteiger partial charge in [0.1, 0.15) is 11.6 Å². The number of aryl methyl sites for hydroxylation is 1. The molecule has 8 heteroatoms. The minimum atomic E-state index is 0. The van der Waals surface area contributed by atoms with Crippen molar-refractivity contribution in [1.82, 2.24) is 25.2 Å². The molecule has 1 aromatic carbocycles. The molecule has 0 atom stereocenters. The van der Waals surface area contributed by atoms with Gasteiger partial charge < -0.3 is 15.4 Å². The second-order valence-electron chi connectivity index (χ2n) is 6.43. The summed E-state index contributed by atoms with van der Waals surface area (Å²) < 4.78 is 7.22. The number of halogens is 1. The predicted molar refractivity (Wildman–Crippen MR) is 127 cm³/mol. The third-order valence-electron chi connectivity index (χ3n) is 4.42. The minimum absolute atomic E-state index is 0. The molecular formula is C21H29IN6O. The van der Waals surface area contributed by atoms with Crippen molar-refractivity contribution in [2.75, 3.05) is 26.7 Å². The number of nitrogens with one attached hydrogen (secondary N) is 2. The van der Waals surface area contributed by atoms with Crippen LogP contribution in [0.1, 0.15) is 24.7 Å². The highest BCUT2D eigenvalue weighted by Crippen LogP contribution is 2.11. The van der Waals surface area contributed by atoms with Crippen molar-refractivity contribution in [3.8, 4) is 5.75 Å². The fourth-order valence-electron chi connectivity index (χ4n) is 2.95. The molecule has 2 heterocycles. The number of aliphatic imine (C=N–C) groups is 1. The molecule has 3 aromatic rings. The first kappa shape index (κ1) is 22.9. The Morgan fingerprint density at radius 3 is 2.66 bits per heavy atom. The Kier molecular flexibility index (Phi) is 9.69. The summed E-state index contributed by atoms with van der Waals surface area (Å²) in [6.07, 6.45) is 4.70. The van der Waals surface area contributed by atoms with E-state index in [1.54, 1.807) is 7.11 Å². The van der Waals surface area contributed by atoms with Crippen LogP contribution in [0.2, 0.25) is 0 Å². The van der Waals surface area contributed by atoms with E-state index >= 15 is 0 Å². The number of nitrogens with zero attached hydrogens (tertiary/aromatic N) is 4. The maximum atomic E-state index is 5.19. The summed E-state index contributed by atoms with van der Waals surface area (Å²) in [5, 5.41) is 15.1. The molecule has 0 unspecified atom stereocenters. The van der Waals surface area contributed by atoms with Crippen molar-refractivity contribution in [3.63, 3.8) is 0 Å². The molecule has 0 bridgehead atoms. The van der Waals surface area contributed by atoms with Gasteiger partial charge in [-0.05, 0) is 49.6 Å². The van der Waals surface area contributed by atoms with Crippen LogP contribution in [0.4, 0.5) is 0 Å². The van der Waals surface area contributed by atoms with Gasteiger partial charge in [-0.25, -0.2) is 0 Å². The highest BCUT2D eigenvalue weighted by Gasteiger charge is 2.04. The normalized spacial score (nSPS) is 11.2. The topological polar surface area (TPSA) is 75.8 Å². The predicted octanol–water partition coefficient (Wildman–Crippen LogP) is 3.09. The Hall–Kier alpha value is -2.36. The van der Waals surface area contributed by atoms with Crippen molar-refractivity contribution in [1.29, 1.82) is 0 Å². The quantitative estimate of drug-likeness (QED) is 0.201. The first-order valence-corrected chi connectivity index (χ1v) is 9.74. The Labute approximate surface area is 189 Å². The molecule has 0 radical (unpaired) electrons. The van der Waals surface area contributed by atoms with Gasteiger partial charge in [-0.15, -0.1) is 34.2 Å². The van der Waals surface area contributed by atoms with Crippen LogP contribution in [0.25, 0.3) is 5.65 Å². The lowest BCUT2D eigenvalue weighted by molar-refractivity contribution is 0.414. The van der Waals surface area contributed by atoms with Gasteiger partial charge in [0.2, 0.25) is 0 Å². The van der Waals surface area contributed by atoms with Crippen LogP contribution in [0, 0.1) is 0 Å². The van der Waals surface area contributed by atoms with Gasteiger partial charge in [-0.2, -0.15) is 0 Å². The lowest BCUT2D eigenvalue weighted by Gasteiger charge is -2.11. The average molecular weight is 508 g/mol. The van der Waals surface area contributed by atoms with E-state index in [0.717, 1.165) is 62.1 Å². The van der Waals surface area contributed by atoms with Crippen molar-refractivity contribution in [3.05, 3.63) is 60.0 Å². The summed E-state index contributed by atoms with van der Waals surface area (Å²) in [4.78, 5) is 4.67. The van der Waals surface area contributed by atoms with Gasteiger partial charge >= 0.3 is 0 Å². The van der Waals surface area contributed by atoms with Gasteiger partial charge in [0.25, 0.3) is 0 Å². The molecule has 0 saturated heterocycles. The largest absolute Gasteiger partial charge is 0.497 e. The van der Waals surface area contributed by atoms with E-state index in [1.807, 2.05) is 40.9 Å². The number of rotatable bonds is 9. The van der Waals surface area contributed by atoms with Crippen molar-refractivity contribution >= 4 is 35.6 Å². The number of fused-ring (bicyclic) bond motifs is 1. The lowest BCUT2D eigenvalue weighted by Crippen LogP contribution is -2.38. The number of methoxy groups -OCH3 is 1. The Morgan fingerprint density at radius 1 is 1.07 bits per heavy atom. The van der Waals surface area contributed by atoms with E-state index in [-0.39, 0.29) is 24.0 Å². The standard InChI is InChI=1S/C21H28N6O.HI/c1-3-22-21(24-15-13-17-9-11-18(28-2)12-10-17)23-14-6-8-20-26-25-19-7-4-5-16-27(19)20;/h4-5,7,9-12,16H,3,6,8,13-15H2,1-2H3,(H2,22,23,24);1H. The fraction of sp³-hybridized carbons (Fsp3) is 0.381. The van der Waals surface area contributed by atoms with Crippen LogP contribution in [-0.2, 0) is 12.8 Å². The van der Waals surface area contributed by atoms with E-state index in [1.165, 1.54) is 5.56 Å². The second kappa shape index (κ2) is 12.3. The highest BCUT2D eigenvalue weighted by atomic mass is 127. The third-order valence-corrected chi connectivity index (χ3v) is 4.42. The van der Waals surface area contributed by atoms with Gasteiger partial charge in [-0.1, -0.05) is 18.2 Å². The summed E-state index contributed by atoms with van der Waals surface area (Å²) in [6.45, 7) is 4.47. The van der Waals surface area contributed by atoms with Crippen LogP contribution in [-0.4, -0.2) is 47.3 Å². The minimum Gasteiger partial charge on any atom is -0.497 e. The summed E-state index contributed by atoms with van der Waals surface area (Å²) in [6, 6.07) is 14.1. The number of aromatic nitrogens is 3. The van der Waals surface area contributed by atoms with E-state index in [0.29, 0.717) is 0 Å². The SMILES string of the molecule is CCNC(=NCCCc1nnc2ccccn12)NCCc1ccc(OC)cc1.I. The molecule has 0 fully saturated rings. The number of pyridine rings is 1. The molecule has 2 N–H and O–H groups in total. The molecule has 0 aliphatic rings. The fourth-order valence-corrected chi connectivity index (χ4v) is 2.95. The van der Waals surface area contributed by atoms with Gasteiger partial charge in [-0.3, -0.25) is 9.39 Å². The lowest BCUT2D eigenvalue weighted by atomic mass is 10.1. The van der Waals surface area contributed by atoms with Gasteiger partial charge in [0, 0.05) is 32.3 Å². The Morgan fingerprint density at radius 2 is 1.90 bits per heavy atom. The first-order valence-electron chi connectivity index (χ1n) is 9.74. The second-order valence-corrected chi connectivity index (χ2v) is 6.43. The smallest absolute Gasteiger partial charge is 0.191 e. The highest BCUT2D eigenvalue weighted by molar-refractivity contribution is 14.0. The summed E-state index contributed by atoms with van der Waals surface area (Å²) >= 11 is 0. The van der Waals surface area contributed by atoms with Gasteiger partial charge in [0.05, 0.1) is 7.11 Å². The molecule has 0 saturated carbocycles. The van der Waals surface area contributed by atoms with Crippen LogP contribution in [0.15, 0.2) is 53.7 Å². The van der Waals surface area contributed by atoms with Crippen molar-refractivity contribution in [2.45, 2.75) is 26.2 Å². The Bertz CT molecular complexity index is 894. The number of benzene rings is 1. The maximum absolute atomic E-state index is 5.19. The summed E-state index contributed by atoms with van der Waals surface area (Å²) in [7, 11) is 1.68. The molecule has 0 aliphatic heterocycles. The molecule has 29 heavy (non-hydrogen) atoms. The average Bonchev–Trinajstić information content (AvgIpc) is 3.15. The van der Waals surface area contributed by atoms with E-state index in [4.69, 9.17) is 4.74 Å². The molecule has 0 amide bonds. The Balaban J connectivity index is 0.00000300.